The maximum absolute atomic E-state index is 12.2. The van der Waals surface area contributed by atoms with Crippen molar-refractivity contribution in [1.82, 2.24) is 10.0 Å². The van der Waals surface area contributed by atoms with Crippen molar-refractivity contribution >= 4 is 44.8 Å². The van der Waals surface area contributed by atoms with Crippen LogP contribution in [0.5, 0.6) is 0 Å². The van der Waals surface area contributed by atoms with Crippen LogP contribution in [0.2, 0.25) is 10.0 Å². The van der Waals surface area contributed by atoms with Crippen LogP contribution in [0.25, 0.3) is 0 Å². The van der Waals surface area contributed by atoms with Gasteiger partial charge in [0.2, 0.25) is 15.9 Å². The molecule has 0 aromatic heterocycles. The molecule has 1 aromatic rings. The van der Waals surface area contributed by atoms with E-state index >= 15 is 0 Å². The Kier molecular flexibility index (Phi) is 5.49. The van der Waals surface area contributed by atoms with Crippen LogP contribution in [-0.2, 0) is 14.8 Å². The predicted molar refractivity (Wildman–Crippen MR) is 84.0 cm³/mol. The van der Waals surface area contributed by atoms with E-state index in [0.717, 1.165) is 0 Å². The zero-order valence-electron chi connectivity index (χ0n) is 11.8. The van der Waals surface area contributed by atoms with Gasteiger partial charge in [0, 0.05) is 11.2 Å². The number of sulfonamides is 1. The zero-order valence-corrected chi connectivity index (χ0v) is 14.2. The van der Waals surface area contributed by atoms with E-state index in [0.29, 0.717) is 0 Å². The van der Waals surface area contributed by atoms with Gasteiger partial charge >= 0.3 is 0 Å². The van der Waals surface area contributed by atoms with Gasteiger partial charge in [0.15, 0.2) is 0 Å². The van der Waals surface area contributed by atoms with Crippen LogP contribution in [0.15, 0.2) is 17.0 Å². The van der Waals surface area contributed by atoms with E-state index in [2.05, 4.69) is 10.0 Å². The van der Waals surface area contributed by atoms with E-state index in [-0.39, 0.29) is 20.6 Å². The second-order valence-corrected chi connectivity index (χ2v) is 7.95. The lowest BCUT2D eigenvalue weighted by molar-refractivity contribution is -0.121. The quantitative estimate of drug-likeness (QED) is 0.717. The maximum atomic E-state index is 12.2. The fourth-order valence-electron chi connectivity index (χ4n) is 1.53. The van der Waals surface area contributed by atoms with Crippen LogP contribution in [0.4, 0.5) is 5.69 Å². The van der Waals surface area contributed by atoms with Gasteiger partial charge in [-0.2, -0.15) is 0 Å². The summed E-state index contributed by atoms with van der Waals surface area (Å²) in [6, 6.07) is 2.55. The molecule has 21 heavy (non-hydrogen) atoms. The van der Waals surface area contributed by atoms with Gasteiger partial charge < -0.3 is 11.1 Å². The van der Waals surface area contributed by atoms with Crippen molar-refractivity contribution in [3.8, 4) is 0 Å². The molecule has 0 bridgehead atoms. The summed E-state index contributed by atoms with van der Waals surface area (Å²) in [5.74, 6) is -0.464. The number of anilines is 1. The minimum atomic E-state index is -4.02. The standard InChI is InChI=1S/C12H17Cl2N3O3S/c1-12(2,3)17-10(18)6-16-21(19,20)11-8(13)4-7(15)5-9(11)14/h4-5,16H,6,15H2,1-3H3,(H,17,18). The Labute approximate surface area is 134 Å². The van der Waals surface area contributed by atoms with Gasteiger partial charge in [-0.1, -0.05) is 23.2 Å². The van der Waals surface area contributed by atoms with Gasteiger partial charge in [-0.15, -0.1) is 0 Å². The molecule has 0 unspecified atom stereocenters. The Bertz CT molecular complexity index is 631. The first-order valence-corrected chi connectivity index (χ1v) is 8.21. The van der Waals surface area contributed by atoms with Gasteiger partial charge in [-0.3, -0.25) is 4.79 Å². The van der Waals surface area contributed by atoms with Crippen molar-refractivity contribution in [2.24, 2.45) is 0 Å². The Morgan fingerprint density at radius 2 is 1.71 bits per heavy atom. The second-order valence-electron chi connectivity index (χ2n) is 5.44. The van der Waals surface area contributed by atoms with Gasteiger partial charge in [-0.25, -0.2) is 13.1 Å². The second kappa shape index (κ2) is 6.39. The Morgan fingerprint density at radius 3 is 2.14 bits per heavy atom. The molecule has 0 atom stereocenters. The molecule has 1 rings (SSSR count). The molecule has 0 radical (unpaired) electrons. The van der Waals surface area contributed by atoms with E-state index in [1.807, 2.05) is 0 Å². The normalized spacial score (nSPS) is 12.2. The largest absolute Gasteiger partial charge is 0.399 e. The summed E-state index contributed by atoms with van der Waals surface area (Å²) < 4.78 is 26.5. The molecule has 118 valence electrons. The first kappa shape index (κ1) is 18.0. The number of nitrogens with two attached hydrogens (primary N) is 1. The number of carbonyl (C=O) groups is 1. The molecule has 0 saturated heterocycles. The minimum absolute atomic E-state index is 0.108. The number of rotatable bonds is 4. The van der Waals surface area contributed by atoms with Crippen LogP contribution < -0.4 is 15.8 Å². The molecular formula is C12H17Cl2N3O3S. The number of hydrogen-bond acceptors (Lipinski definition) is 4. The first-order chi connectivity index (χ1) is 9.42. The summed E-state index contributed by atoms with van der Waals surface area (Å²) in [5.41, 5.74) is 5.30. The van der Waals surface area contributed by atoms with Crippen molar-refractivity contribution in [2.75, 3.05) is 12.3 Å². The minimum Gasteiger partial charge on any atom is -0.399 e. The molecule has 4 N–H and O–H groups in total. The molecule has 0 spiro atoms. The number of benzene rings is 1. The molecule has 0 heterocycles. The van der Waals surface area contributed by atoms with Crippen molar-refractivity contribution in [3.05, 3.63) is 22.2 Å². The van der Waals surface area contributed by atoms with E-state index in [1.165, 1.54) is 12.1 Å². The highest BCUT2D eigenvalue weighted by Crippen LogP contribution is 2.31. The highest BCUT2D eigenvalue weighted by Gasteiger charge is 2.23. The zero-order chi connectivity index (χ0) is 16.4. The molecule has 0 saturated carbocycles. The monoisotopic (exact) mass is 353 g/mol. The Balaban J connectivity index is 2.91. The van der Waals surface area contributed by atoms with E-state index in [9.17, 15) is 13.2 Å². The average molecular weight is 354 g/mol. The number of hydrogen-bond donors (Lipinski definition) is 3. The molecule has 0 aliphatic heterocycles. The number of amides is 1. The van der Waals surface area contributed by atoms with Crippen LogP contribution in [0, 0.1) is 0 Å². The van der Waals surface area contributed by atoms with Gasteiger partial charge in [0.05, 0.1) is 16.6 Å². The van der Waals surface area contributed by atoms with Gasteiger partial charge in [0.25, 0.3) is 0 Å². The fourth-order valence-corrected chi connectivity index (χ4v) is 3.74. The maximum Gasteiger partial charge on any atom is 0.244 e. The fraction of sp³-hybridized carbons (Fsp3) is 0.417. The number of carbonyl (C=O) groups excluding carboxylic acids is 1. The SMILES string of the molecule is CC(C)(C)NC(=O)CNS(=O)(=O)c1c(Cl)cc(N)cc1Cl. The van der Waals surface area contributed by atoms with E-state index < -0.39 is 28.0 Å². The molecule has 6 nitrogen and oxygen atoms in total. The third-order valence-electron chi connectivity index (χ3n) is 2.23. The van der Waals surface area contributed by atoms with Crippen LogP contribution in [0.3, 0.4) is 0 Å². The average Bonchev–Trinajstić information content (AvgIpc) is 2.22. The molecule has 0 aliphatic rings. The Hall–Kier alpha value is -1.02. The molecule has 9 heteroatoms. The van der Waals surface area contributed by atoms with Crippen LogP contribution in [0.1, 0.15) is 20.8 Å². The summed E-state index contributed by atoms with van der Waals surface area (Å²) in [5, 5.41) is 2.41. The highest BCUT2D eigenvalue weighted by molar-refractivity contribution is 7.89. The van der Waals surface area contributed by atoms with Crippen LogP contribution >= 0.6 is 23.2 Å². The van der Waals surface area contributed by atoms with Gasteiger partial charge in [0.1, 0.15) is 4.90 Å². The van der Waals surface area contributed by atoms with Gasteiger partial charge in [-0.05, 0) is 32.9 Å². The van der Waals surface area contributed by atoms with Crippen LogP contribution in [-0.4, -0.2) is 26.4 Å². The topological polar surface area (TPSA) is 101 Å². The Morgan fingerprint density at radius 1 is 1.24 bits per heavy atom. The summed E-state index contributed by atoms with van der Waals surface area (Å²) in [6.07, 6.45) is 0. The third-order valence-corrected chi connectivity index (χ3v) is 4.55. The first-order valence-electron chi connectivity index (χ1n) is 5.97. The lowest BCUT2D eigenvalue weighted by atomic mass is 10.1. The van der Waals surface area contributed by atoms with Crippen molar-refractivity contribution < 1.29 is 13.2 Å². The highest BCUT2D eigenvalue weighted by atomic mass is 35.5. The summed E-state index contributed by atoms with van der Waals surface area (Å²) in [7, 11) is -4.02. The molecule has 0 fully saturated rings. The molecule has 1 aromatic carbocycles. The molecule has 1 amide bonds. The molecular weight excluding hydrogens is 337 g/mol. The number of halogens is 2. The number of nitrogen functional groups attached to an aromatic ring is 1. The predicted octanol–water partition coefficient (Wildman–Crippen LogP) is 1.77. The van der Waals surface area contributed by atoms with E-state index in [1.54, 1.807) is 20.8 Å². The lowest BCUT2D eigenvalue weighted by Crippen LogP contribution is -2.45. The molecule has 0 aliphatic carbocycles. The third kappa shape index (κ3) is 5.35. The van der Waals surface area contributed by atoms with Crippen molar-refractivity contribution in [3.63, 3.8) is 0 Å². The van der Waals surface area contributed by atoms with E-state index in [4.69, 9.17) is 28.9 Å². The number of nitrogens with one attached hydrogen (secondary N) is 2. The summed E-state index contributed by atoms with van der Waals surface area (Å²) in [6.45, 7) is 4.93. The summed E-state index contributed by atoms with van der Waals surface area (Å²) >= 11 is 11.7. The van der Waals surface area contributed by atoms with Crippen molar-refractivity contribution in [1.29, 1.82) is 0 Å². The van der Waals surface area contributed by atoms with Crippen molar-refractivity contribution in [2.45, 2.75) is 31.2 Å². The lowest BCUT2D eigenvalue weighted by Gasteiger charge is -2.20. The summed E-state index contributed by atoms with van der Waals surface area (Å²) in [4.78, 5) is 11.3. The smallest absolute Gasteiger partial charge is 0.244 e.